The van der Waals surface area contributed by atoms with Gasteiger partial charge in [-0.2, -0.15) is 0 Å². The molecule has 0 spiro atoms. The number of benzene rings is 9. The van der Waals surface area contributed by atoms with E-state index in [-0.39, 0.29) is 5.92 Å². The number of aryl methyl sites for hydroxylation is 1. The monoisotopic (exact) mass is 689 g/mol. The molecule has 1 unspecified atom stereocenters. The predicted octanol–water partition coefficient (Wildman–Crippen LogP) is 14.2. The zero-order chi connectivity index (χ0) is 35.8. The Balaban J connectivity index is 1.21. The molecule has 0 saturated heterocycles. The van der Waals surface area contributed by atoms with Gasteiger partial charge in [-0.25, -0.2) is 0 Å². The highest BCUT2D eigenvalue weighted by Gasteiger charge is 2.26. The Labute approximate surface area is 316 Å². The molecule has 1 aromatic heterocycles. The van der Waals surface area contributed by atoms with E-state index in [9.17, 15) is 0 Å². The summed E-state index contributed by atoms with van der Waals surface area (Å²) in [5.74, 6) is 0.147. The highest BCUT2D eigenvalue weighted by molar-refractivity contribution is 6.17. The first-order valence-corrected chi connectivity index (χ1v) is 19.0. The third-order valence-electron chi connectivity index (χ3n) is 11.3. The van der Waals surface area contributed by atoms with Crippen LogP contribution in [0.25, 0.3) is 71.3 Å². The molecule has 0 fully saturated rings. The van der Waals surface area contributed by atoms with Gasteiger partial charge in [0.2, 0.25) is 0 Å². The smallest absolute Gasteiger partial charge is 0.0550 e. The molecule has 10 rings (SSSR count). The van der Waals surface area contributed by atoms with Gasteiger partial charge in [0.25, 0.3) is 0 Å². The van der Waals surface area contributed by atoms with Gasteiger partial charge < -0.3 is 4.57 Å². The van der Waals surface area contributed by atoms with Crippen molar-refractivity contribution < 1.29 is 0 Å². The van der Waals surface area contributed by atoms with Crippen molar-refractivity contribution in [3.05, 3.63) is 223 Å². The number of hydrogen-bond donors (Lipinski definition) is 0. The Bertz CT molecular complexity index is 2910. The fourth-order valence-electron chi connectivity index (χ4n) is 8.74. The minimum absolute atomic E-state index is 0.147. The van der Waals surface area contributed by atoms with Gasteiger partial charge in [0.15, 0.2) is 0 Å². The van der Waals surface area contributed by atoms with Gasteiger partial charge >= 0.3 is 0 Å². The molecule has 0 aliphatic heterocycles. The highest BCUT2D eigenvalue weighted by Crippen LogP contribution is 2.46. The highest BCUT2D eigenvalue weighted by atomic mass is 15.0. The lowest BCUT2D eigenvalue weighted by molar-refractivity contribution is 0.729. The largest absolute Gasteiger partial charge is 0.309 e. The second-order valence-electron chi connectivity index (χ2n) is 14.4. The molecule has 0 radical (unpaired) electrons. The van der Waals surface area contributed by atoms with E-state index in [1.54, 1.807) is 0 Å². The Morgan fingerprint density at radius 3 is 1.74 bits per heavy atom. The van der Waals surface area contributed by atoms with E-state index in [4.69, 9.17) is 0 Å². The second-order valence-corrected chi connectivity index (χ2v) is 14.4. The quantitative estimate of drug-likeness (QED) is 0.150. The van der Waals surface area contributed by atoms with Crippen LogP contribution < -0.4 is 0 Å². The Morgan fingerprint density at radius 1 is 0.389 bits per heavy atom. The molecule has 256 valence electrons. The molecular formula is C53H39N. The summed E-state index contributed by atoms with van der Waals surface area (Å²) >= 11 is 0. The van der Waals surface area contributed by atoms with Gasteiger partial charge in [0.1, 0.15) is 0 Å². The van der Waals surface area contributed by atoms with Crippen molar-refractivity contribution in [3.63, 3.8) is 0 Å². The molecule has 10 aromatic rings. The summed E-state index contributed by atoms with van der Waals surface area (Å²) in [6.45, 7) is 0. The van der Waals surface area contributed by atoms with Crippen LogP contribution in [-0.4, -0.2) is 4.57 Å². The maximum Gasteiger partial charge on any atom is 0.0550 e. The topological polar surface area (TPSA) is 4.93 Å². The third kappa shape index (κ3) is 5.66. The van der Waals surface area contributed by atoms with Gasteiger partial charge in [-0.1, -0.05) is 182 Å². The summed E-state index contributed by atoms with van der Waals surface area (Å²) < 4.78 is 2.50. The van der Waals surface area contributed by atoms with E-state index in [2.05, 4.69) is 211 Å². The van der Waals surface area contributed by atoms with Crippen molar-refractivity contribution in [2.45, 2.75) is 18.8 Å². The van der Waals surface area contributed by atoms with Crippen LogP contribution in [0.3, 0.4) is 0 Å². The zero-order valence-electron chi connectivity index (χ0n) is 30.1. The van der Waals surface area contributed by atoms with Crippen LogP contribution in [0.5, 0.6) is 0 Å². The molecule has 0 saturated carbocycles. The molecular weight excluding hydrogens is 651 g/mol. The third-order valence-corrected chi connectivity index (χ3v) is 11.3. The molecule has 1 atom stereocenters. The number of para-hydroxylation sites is 1. The van der Waals surface area contributed by atoms with Crippen molar-refractivity contribution in [1.29, 1.82) is 0 Å². The number of fused-ring (bicyclic) bond motifs is 5. The summed E-state index contributed by atoms with van der Waals surface area (Å²) in [5, 5.41) is 7.82. The average molecular weight is 690 g/mol. The van der Waals surface area contributed by atoms with Crippen molar-refractivity contribution in [2.24, 2.45) is 0 Å². The number of nitrogens with zero attached hydrogens (tertiary/aromatic N) is 1. The first-order chi connectivity index (χ1) is 26.8. The van der Waals surface area contributed by atoms with E-state index in [1.165, 1.54) is 88.0 Å². The van der Waals surface area contributed by atoms with E-state index in [1.807, 2.05) is 0 Å². The van der Waals surface area contributed by atoms with E-state index in [0.29, 0.717) is 0 Å². The zero-order valence-corrected chi connectivity index (χ0v) is 30.1. The van der Waals surface area contributed by atoms with Gasteiger partial charge in [-0.15, -0.1) is 0 Å². The van der Waals surface area contributed by atoms with Crippen LogP contribution in [0.15, 0.2) is 206 Å². The van der Waals surface area contributed by atoms with Crippen LogP contribution in [-0.2, 0) is 6.42 Å². The summed E-state index contributed by atoms with van der Waals surface area (Å²) in [7, 11) is 0. The van der Waals surface area contributed by atoms with Gasteiger partial charge in [-0.05, 0) is 97.6 Å². The Morgan fingerprint density at radius 2 is 0.963 bits per heavy atom. The van der Waals surface area contributed by atoms with Crippen LogP contribution in [0, 0.1) is 0 Å². The van der Waals surface area contributed by atoms with Crippen LogP contribution >= 0.6 is 0 Å². The predicted molar refractivity (Wildman–Crippen MR) is 230 cm³/mol. The molecule has 0 aliphatic carbocycles. The minimum atomic E-state index is 0.147. The Hall–Kier alpha value is -6.70. The molecule has 0 aliphatic rings. The van der Waals surface area contributed by atoms with Crippen LogP contribution in [0.1, 0.15) is 29.0 Å². The Kier molecular flexibility index (Phi) is 8.11. The first kappa shape index (κ1) is 32.0. The van der Waals surface area contributed by atoms with Gasteiger partial charge in [-0.3, -0.25) is 0 Å². The summed E-state index contributed by atoms with van der Waals surface area (Å²) in [6, 6.07) is 75.9. The second kappa shape index (κ2) is 13.7. The van der Waals surface area contributed by atoms with Gasteiger partial charge in [0.05, 0.1) is 11.0 Å². The summed E-state index contributed by atoms with van der Waals surface area (Å²) in [6.07, 6.45) is 1.94. The number of hydrogen-bond acceptors (Lipinski definition) is 0. The maximum atomic E-state index is 2.50. The lowest BCUT2D eigenvalue weighted by atomic mass is 9.80. The first-order valence-electron chi connectivity index (χ1n) is 19.0. The van der Waals surface area contributed by atoms with Crippen molar-refractivity contribution >= 4 is 43.4 Å². The molecule has 54 heavy (non-hydrogen) atoms. The molecule has 0 N–H and O–H groups in total. The SMILES string of the molecule is c1ccc(-c2ccc(CCC(c3cccc4ccccc34)c3c4ccccc4cc4c3c3ccccc3n4-c3cccc(-c4ccccc4)c3)cc2)cc1. The maximum absolute atomic E-state index is 2.50. The summed E-state index contributed by atoms with van der Waals surface area (Å²) in [4.78, 5) is 0. The van der Waals surface area contributed by atoms with Crippen molar-refractivity contribution in [2.75, 3.05) is 0 Å². The lowest BCUT2D eigenvalue weighted by Gasteiger charge is -2.24. The van der Waals surface area contributed by atoms with Gasteiger partial charge in [0, 0.05) is 22.4 Å². The normalized spacial score (nSPS) is 12.1. The molecule has 0 amide bonds. The van der Waals surface area contributed by atoms with E-state index >= 15 is 0 Å². The standard InChI is InChI=1S/C53H39N/c1-3-15-38(16-4-1)40-32-29-37(30-33-40)31-34-48(47-27-14-21-41-19-7-9-24-45(41)47)52-46-25-10-8-20-43(46)36-51-53(52)49-26-11-12-28-50(49)54(51)44-23-13-22-42(35-44)39-17-5-2-6-18-39/h1-30,32-33,35-36,48H,31,34H2. The van der Waals surface area contributed by atoms with E-state index < -0.39 is 0 Å². The number of aromatic nitrogens is 1. The van der Waals surface area contributed by atoms with Crippen LogP contribution in [0.2, 0.25) is 0 Å². The molecule has 1 heterocycles. The molecule has 9 aromatic carbocycles. The average Bonchev–Trinajstić information content (AvgIpc) is 3.58. The molecule has 0 bridgehead atoms. The van der Waals surface area contributed by atoms with Crippen LogP contribution in [0.4, 0.5) is 0 Å². The lowest BCUT2D eigenvalue weighted by Crippen LogP contribution is -2.06. The molecule has 1 nitrogen and oxygen atoms in total. The summed E-state index contributed by atoms with van der Waals surface area (Å²) in [5.41, 5.74) is 12.7. The minimum Gasteiger partial charge on any atom is -0.309 e. The fraction of sp³-hybridized carbons (Fsp3) is 0.0566. The fourth-order valence-corrected chi connectivity index (χ4v) is 8.74. The van der Waals surface area contributed by atoms with Crippen molar-refractivity contribution in [3.8, 4) is 27.9 Å². The molecule has 1 heteroatoms. The van der Waals surface area contributed by atoms with Crippen molar-refractivity contribution in [1.82, 2.24) is 4.57 Å². The number of rotatable bonds is 8. The van der Waals surface area contributed by atoms with E-state index in [0.717, 1.165) is 12.8 Å².